The molecule has 0 bridgehead atoms. The number of amides is 1. The monoisotopic (exact) mass is 301 g/mol. The first-order valence-corrected chi connectivity index (χ1v) is 8.17. The van der Waals surface area contributed by atoms with Gasteiger partial charge in [0.2, 0.25) is 5.91 Å². The molecule has 120 valence electrons. The fourth-order valence-electron chi connectivity index (χ4n) is 3.19. The molecule has 2 N–H and O–H groups in total. The Bertz CT molecular complexity index is 551. The van der Waals surface area contributed by atoms with E-state index in [0.29, 0.717) is 18.4 Å². The Morgan fingerprint density at radius 1 is 1.27 bits per heavy atom. The number of allylic oxidation sites excluding steroid dienone is 2. The predicted molar refractivity (Wildman–Crippen MR) is 89.9 cm³/mol. The molecule has 0 spiro atoms. The van der Waals surface area contributed by atoms with Crippen LogP contribution in [0.3, 0.4) is 0 Å². The van der Waals surface area contributed by atoms with E-state index in [2.05, 4.69) is 25.2 Å². The van der Waals surface area contributed by atoms with Crippen molar-refractivity contribution >= 4 is 5.91 Å². The third-order valence-electron chi connectivity index (χ3n) is 4.33. The zero-order valence-corrected chi connectivity index (χ0v) is 13.9. The van der Waals surface area contributed by atoms with Crippen LogP contribution in [0.5, 0.6) is 5.75 Å². The van der Waals surface area contributed by atoms with E-state index < -0.39 is 0 Å². The summed E-state index contributed by atoms with van der Waals surface area (Å²) in [4.78, 5) is 12.2. The highest BCUT2D eigenvalue weighted by molar-refractivity contribution is 5.79. The van der Waals surface area contributed by atoms with E-state index in [0.717, 1.165) is 36.8 Å². The van der Waals surface area contributed by atoms with Crippen molar-refractivity contribution in [2.45, 2.75) is 58.9 Å². The second kappa shape index (κ2) is 7.48. The summed E-state index contributed by atoms with van der Waals surface area (Å²) in [5, 5.41) is 12.7. The first-order chi connectivity index (χ1) is 10.4. The molecule has 0 aliphatic heterocycles. The van der Waals surface area contributed by atoms with E-state index in [1.807, 2.05) is 19.1 Å². The molecule has 1 aliphatic carbocycles. The molecule has 0 radical (unpaired) electrons. The highest BCUT2D eigenvalue weighted by atomic mass is 16.3. The molecule has 1 fully saturated rings. The maximum Gasteiger partial charge on any atom is 0.224 e. The van der Waals surface area contributed by atoms with Crippen molar-refractivity contribution in [1.29, 1.82) is 0 Å². The minimum Gasteiger partial charge on any atom is -0.508 e. The first-order valence-electron chi connectivity index (χ1n) is 8.17. The third kappa shape index (κ3) is 4.90. The van der Waals surface area contributed by atoms with Crippen molar-refractivity contribution in [2.24, 2.45) is 5.92 Å². The van der Waals surface area contributed by atoms with Gasteiger partial charge in [0.05, 0.1) is 6.42 Å². The number of phenols is 1. The maximum atomic E-state index is 12.2. The van der Waals surface area contributed by atoms with Crippen molar-refractivity contribution in [3.8, 4) is 5.75 Å². The Kier molecular flexibility index (Phi) is 5.64. The predicted octanol–water partition coefficient (Wildman–Crippen LogP) is 3.88. The highest BCUT2D eigenvalue weighted by Gasteiger charge is 2.21. The minimum absolute atomic E-state index is 0.0794. The molecule has 1 amide bonds. The number of hydrogen-bond acceptors (Lipinski definition) is 2. The van der Waals surface area contributed by atoms with Gasteiger partial charge in [-0.2, -0.15) is 0 Å². The normalized spacial score (nSPS) is 21.2. The third-order valence-corrected chi connectivity index (χ3v) is 4.33. The highest BCUT2D eigenvalue weighted by Crippen LogP contribution is 2.26. The summed E-state index contributed by atoms with van der Waals surface area (Å²) in [7, 11) is 0. The molecule has 3 heteroatoms. The Labute approximate surface area is 133 Å². The van der Waals surface area contributed by atoms with E-state index in [4.69, 9.17) is 0 Å². The summed E-state index contributed by atoms with van der Waals surface area (Å²) in [6, 6.07) is 5.66. The van der Waals surface area contributed by atoms with E-state index in [9.17, 15) is 9.90 Å². The van der Waals surface area contributed by atoms with Crippen molar-refractivity contribution in [2.75, 3.05) is 0 Å². The van der Waals surface area contributed by atoms with Crippen molar-refractivity contribution < 1.29 is 9.90 Å². The van der Waals surface area contributed by atoms with Gasteiger partial charge in [0.1, 0.15) is 5.75 Å². The molecule has 0 saturated heterocycles. The Balaban J connectivity index is 1.81. The first kappa shape index (κ1) is 16.6. The zero-order chi connectivity index (χ0) is 16.1. The average molecular weight is 301 g/mol. The molecule has 1 aliphatic rings. The zero-order valence-electron chi connectivity index (χ0n) is 13.9. The topological polar surface area (TPSA) is 49.3 Å². The fraction of sp³-hybridized carbons (Fsp3) is 0.526. The molecule has 1 aromatic carbocycles. The standard InChI is InChI=1S/C19H27NO2/c1-13(2)10-15-4-7-17(8-5-15)20-19(22)12-16-6-9-18(21)14(3)11-16/h6,9-11,15,17,21H,4-5,7-8,12H2,1-3H3,(H,20,22)/t15-,17+. The number of hydrogen-bond donors (Lipinski definition) is 2. The van der Waals surface area contributed by atoms with Gasteiger partial charge in [-0.15, -0.1) is 0 Å². The van der Waals surface area contributed by atoms with Crippen LogP contribution in [-0.2, 0) is 11.2 Å². The van der Waals surface area contributed by atoms with E-state index in [1.54, 1.807) is 6.07 Å². The number of aryl methyl sites for hydroxylation is 1. The summed E-state index contributed by atoms with van der Waals surface area (Å²) in [5.74, 6) is 1.04. The lowest BCUT2D eigenvalue weighted by Gasteiger charge is -2.27. The number of benzene rings is 1. The molecule has 3 nitrogen and oxygen atoms in total. The summed E-state index contributed by atoms with van der Waals surface area (Å²) in [5.41, 5.74) is 3.15. The molecule has 2 rings (SSSR count). The van der Waals surface area contributed by atoms with Gasteiger partial charge < -0.3 is 10.4 Å². The van der Waals surface area contributed by atoms with Crippen LogP contribution in [0.25, 0.3) is 0 Å². The molecular formula is C19H27NO2. The molecule has 22 heavy (non-hydrogen) atoms. The molecular weight excluding hydrogens is 274 g/mol. The van der Waals surface area contributed by atoms with Crippen molar-refractivity contribution in [3.05, 3.63) is 41.0 Å². The summed E-state index contributed by atoms with van der Waals surface area (Å²) in [6.45, 7) is 6.14. The van der Waals surface area contributed by atoms with Gasteiger partial charge in [-0.1, -0.05) is 23.8 Å². The summed E-state index contributed by atoms with van der Waals surface area (Å²) in [6.07, 6.45) is 7.19. The number of phenolic OH excluding ortho intramolecular Hbond substituents is 1. The van der Waals surface area contributed by atoms with Crippen molar-refractivity contribution in [1.82, 2.24) is 5.32 Å². The molecule has 1 aromatic rings. The van der Waals surface area contributed by atoms with E-state index in [1.165, 1.54) is 5.57 Å². The fourth-order valence-corrected chi connectivity index (χ4v) is 3.19. The molecule has 0 unspecified atom stereocenters. The van der Waals surface area contributed by atoms with Crippen LogP contribution >= 0.6 is 0 Å². The van der Waals surface area contributed by atoms with Crippen LogP contribution < -0.4 is 5.32 Å². The quantitative estimate of drug-likeness (QED) is 0.829. The van der Waals surface area contributed by atoms with Gasteiger partial charge in [-0.05, 0) is 69.6 Å². The SMILES string of the molecule is CC(C)=C[C@H]1CC[C@@H](NC(=O)Cc2ccc(O)c(C)c2)CC1. The van der Waals surface area contributed by atoms with Gasteiger partial charge in [-0.25, -0.2) is 0 Å². The van der Waals surface area contributed by atoms with Gasteiger partial charge in [0.25, 0.3) is 0 Å². The second-order valence-electron chi connectivity index (χ2n) is 6.72. The number of aromatic hydroxyl groups is 1. The summed E-state index contributed by atoms with van der Waals surface area (Å²) < 4.78 is 0. The van der Waals surface area contributed by atoms with Crippen LogP contribution in [0.1, 0.15) is 50.7 Å². The largest absolute Gasteiger partial charge is 0.508 e. The van der Waals surface area contributed by atoms with E-state index in [-0.39, 0.29) is 11.7 Å². The number of nitrogens with one attached hydrogen (secondary N) is 1. The van der Waals surface area contributed by atoms with Gasteiger partial charge in [0, 0.05) is 6.04 Å². The maximum absolute atomic E-state index is 12.2. The van der Waals surface area contributed by atoms with Gasteiger partial charge >= 0.3 is 0 Å². The van der Waals surface area contributed by atoms with Gasteiger partial charge in [-0.3, -0.25) is 4.79 Å². The molecule has 0 aromatic heterocycles. The molecule has 0 heterocycles. The minimum atomic E-state index is 0.0794. The Hall–Kier alpha value is -1.77. The van der Waals surface area contributed by atoms with Crippen molar-refractivity contribution in [3.63, 3.8) is 0 Å². The Morgan fingerprint density at radius 3 is 2.55 bits per heavy atom. The second-order valence-corrected chi connectivity index (χ2v) is 6.72. The molecule has 0 atom stereocenters. The smallest absolute Gasteiger partial charge is 0.224 e. The number of carbonyl (C=O) groups excluding carboxylic acids is 1. The van der Waals surface area contributed by atoms with Gasteiger partial charge in [0.15, 0.2) is 0 Å². The lowest BCUT2D eigenvalue weighted by atomic mass is 9.85. The Morgan fingerprint density at radius 2 is 1.95 bits per heavy atom. The van der Waals surface area contributed by atoms with Crippen LogP contribution in [-0.4, -0.2) is 17.1 Å². The van der Waals surface area contributed by atoms with E-state index >= 15 is 0 Å². The average Bonchev–Trinajstić information content (AvgIpc) is 2.44. The lowest BCUT2D eigenvalue weighted by Crippen LogP contribution is -2.38. The van der Waals surface area contributed by atoms with Crippen LogP contribution in [0.2, 0.25) is 0 Å². The van der Waals surface area contributed by atoms with Crippen LogP contribution in [0, 0.1) is 12.8 Å². The molecule has 1 saturated carbocycles. The van der Waals surface area contributed by atoms with Crippen LogP contribution in [0.15, 0.2) is 29.8 Å². The number of carbonyl (C=O) groups is 1. The number of rotatable bonds is 4. The summed E-state index contributed by atoms with van der Waals surface area (Å²) >= 11 is 0. The van der Waals surface area contributed by atoms with Crippen LogP contribution in [0.4, 0.5) is 0 Å². The lowest BCUT2D eigenvalue weighted by molar-refractivity contribution is -0.121.